The highest BCUT2D eigenvalue weighted by Gasteiger charge is 2.00. The van der Waals surface area contributed by atoms with Crippen molar-refractivity contribution in [3.8, 4) is 0 Å². The van der Waals surface area contributed by atoms with E-state index in [1.807, 2.05) is 30.3 Å². The number of nitrogens with two attached hydrogens (primary N) is 2. The molecule has 88 valence electrons. The zero-order valence-corrected chi connectivity index (χ0v) is 10.0. The van der Waals surface area contributed by atoms with Gasteiger partial charge in [-0.05, 0) is 35.9 Å². The van der Waals surface area contributed by atoms with Gasteiger partial charge in [-0.1, -0.05) is 23.7 Å². The van der Waals surface area contributed by atoms with Crippen LogP contribution in [0.5, 0.6) is 0 Å². The van der Waals surface area contributed by atoms with Gasteiger partial charge >= 0.3 is 0 Å². The molecular weight excluding hydrogens is 234 g/mol. The first-order chi connectivity index (χ1) is 8.15. The van der Waals surface area contributed by atoms with E-state index in [0.29, 0.717) is 17.3 Å². The molecule has 17 heavy (non-hydrogen) atoms. The molecule has 0 aliphatic carbocycles. The van der Waals surface area contributed by atoms with Gasteiger partial charge < -0.3 is 16.8 Å². The van der Waals surface area contributed by atoms with E-state index >= 15 is 0 Å². The maximum Gasteiger partial charge on any atom is 0.0639 e. The van der Waals surface area contributed by atoms with Gasteiger partial charge in [0, 0.05) is 17.9 Å². The number of hydrogen-bond donors (Lipinski definition) is 3. The quantitative estimate of drug-likeness (QED) is 0.731. The van der Waals surface area contributed by atoms with Crippen molar-refractivity contribution in [3.05, 3.63) is 53.1 Å². The number of nitrogen functional groups attached to an aromatic ring is 2. The number of nitrogens with one attached hydrogen (secondary N) is 1. The highest BCUT2D eigenvalue weighted by atomic mass is 35.5. The molecule has 2 rings (SSSR count). The van der Waals surface area contributed by atoms with Crippen LogP contribution >= 0.6 is 11.6 Å². The van der Waals surface area contributed by atoms with Gasteiger partial charge in [0.05, 0.1) is 10.7 Å². The first-order valence-corrected chi connectivity index (χ1v) is 5.66. The summed E-state index contributed by atoms with van der Waals surface area (Å²) < 4.78 is 0. The molecular formula is C13H14ClN3. The van der Waals surface area contributed by atoms with Crippen LogP contribution in [0, 0.1) is 0 Å². The monoisotopic (exact) mass is 247 g/mol. The molecule has 0 bridgehead atoms. The summed E-state index contributed by atoms with van der Waals surface area (Å²) in [7, 11) is 0. The molecule has 0 spiro atoms. The van der Waals surface area contributed by atoms with Crippen LogP contribution in [0.15, 0.2) is 42.5 Å². The molecule has 0 saturated heterocycles. The lowest BCUT2D eigenvalue weighted by molar-refractivity contribution is 1.15. The molecule has 0 fully saturated rings. The molecule has 0 aliphatic rings. The van der Waals surface area contributed by atoms with Crippen molar-refractivity contribution >= 4 is 28.7 Å². The molecule has 0 heterocycles. The third-order valence-corrected chi connectivity index (χ3v) is 2.78. The third kappa shape index (κ3) is 3.04. The minimum atomic E-state index is 0.662. The van der Waals surface area contributed by atoms with Gasteiger partial charge in [0.2, 0.25) is 0 Å². The molecule has 0 unspecified atom stereocenters. The van der Waals surface area contributed by atoms with Crippen LogP contribution in [0.2, 0.25) is 5.02 Å². The van der Waals surface area contributed by atoms with Gasteiger partial charge in [-0.25, -0.2) is 0 Å². The minimum Gasteiger partial charge on any atom is -0.399 e. The number of halogens is 1. The zero-order valence-electron chi connectivity index (χ0n) is 9.28. The van der Waals surface area contributed by atoms with Crippen molar-refractivity contribution in [3.63, 3.8) is 0 Å². The fourth-order valence-corrected chi connectivity index (χ4v) is 1.70. The highest BCUT2D eigenvalue weighted by Crippen LogP contribution is 2.24. The number of anilines is 3. The summed E-state index contributed by atoms with van der Waals surface area (Å²) in [6, 6.07) is 13.1. The Morgan fingerprint density at radius 3 is 2.29 bits per heavy atom. The Balaban J connectivity index is 2.07. The molecule has 0 aliphatic heterocycles. The second-order valence-corrected chi connectivity index (χ2v) is 4.24. The van der Waals surface area contributed by atoms with Crippen molar-refractivity contribution in [1.82, 2.24) is 0 Å². The Morgan fingerprint density at radius 2 is 1.59 bits per heavy atom. The van der Waals surface area contributed by atoms with Crippen molar-refractivity contribution in [2.75, 3.05) is 16.8 Å². The van der Waals surface area contributed by atoms with E-state index in [1.165, 1.54) is 0 Å². The van der Waals surface area contributed by atoms with Crippen molar-refractivity contribution in [2.45, 2.75) is 6.54 Å². The Hall–Kier alpha value is -1.87. The van der Waals surface area contributed by atoms with E-state index < -0.39 is 0 Å². The predicted octanol–water partition coefficient (Wildman–Crippen LogP) is 3.12. The fourth-order valence-electron chi connectivity index (χ4n) is 1.51. The Morgan fingerprint density at radius 1 is 0.941 bits per heavy atom. The van der Waals surface area contributed by atoms with Crippen molar-refractivity contribution < 1.29 is 0 Å². The summed E-state index contributed by atoms with van der Waals surface area (Å²) >= 11 is 6.05. The SMILES string of the molecule is Nc1ccc(CNc2cc(N)ccc2Cl)cc1. The molecule has 3 nitrogen and oxygen atoms in total. The van der Waals surface area contributed by atoms with Crippen molar-refractivity contribution in [2.24, 2.45) is 0 Å². The lowest BCUT2D eigenvalue weighted by Gasteiger charge is -2.09. The van der Waals surface area contributed by atoms with E-state index in [9.17, 15) is 0 Å². The average molecular weight is 248 g/mol. The zero-order chi connectivity index (χ0) is 12.3. The van der Waals surface area contributed by atoms with E-state index in [4.69, 9.17) is 23.1 Å². The normalized spacial score (nSPS) is 10.2. The summed E-state index contributed by atoms with van der Waals surface area (Å²) in [6.45, 7) is 0.684. The molecule has 2 aromatic rings. The van der Waals surface area contributed by atoms with Gasteiger partial charge in [-0.2, -0.15) is 0 Å². The first kappa shape index (κ1) is 11.6. The van der Waals surface area contributed by atoms with Crippen LogP contribution in [0.25, 0.3) is 0 Å². The van der Waals surface area contributed by atoms with Crippen LogP contribution < -0.4 is 16.8 Å². The number of benzene rings is 2. The minimum absolute atomic E-state index is 0.662. The lowest BCUT2D eigenvalue weighted by Crippen LogP contribution is -2.00. The standard InChI is InChI=1S/C13H14ClN3/c14-12-6-5-11(16)7-13(12)17-8-9-1-3-10(15)4-2-9/h1-7,17H,8,15-16H2. The second kappa shape index (κ2) is 4.97. The van der Waals surface area contributed by atoms with Crippen LogP contribution in [0.1, 0.15) is 5.56 Å². The maximum atomic E-state index is 6.05. The Kier molecular flexibility index (Phi) is 3.40. The fraction of sp³-hybridized carbons (Fsp3) is 0.0769. The van der Waals surface area contributed by atoms with Gasteiger partial charge in [0.15, 0.2) is 0 Å². The molecule has 5 N–H and O–H groups in total. The van der Waals surface area contributed by atoms with Crippen LogP contribution in [0.4, 0.5) is 17.1 Å². The van der Waals surface area contributed by atoms with E-state index in [2.05, 4.69) is 5.32 Å². The maximum absolute atomic E-state index is 6.05. The highest BCUT2D eigenvalue weighted by molar-refractivity contribution is 6.33. The number of rotatable bonds is 3. The van der Waals surface area contributed by atoms with E-state index in [0.717, 1.165) is 16.9 Å². The summed E-state index contributed by atoms with van der Waals surface area (Å²) in [6.07, 6.45) is 0. The largest absolute Gasteiger partial charge is 0.399 e. The second-order valence-electron chi connectivity index (χ2n) is 3.83. The van der Waals surface area contributed by atoms with Gasteiger partial charge in [-0.15, -0.1) is 0 Å². The van der Waals surface area contributed by atoms with E-state index in [1.54, 1.807) is 12.1 Å². The van der Waals surface area contributed by atoms with Crippen LogP contribution in [-0.2, 0) is 6.54 Å². The molecule has 0 saturated carbocycles. The number of hydrogen-bond acceptors (Lipinski definition) is 3. The molecule has 2 aromatic carbocycles. The predicted molar refractivity (Wildman–Crippen MR) is 74.0 cm³/mol. The molecule has 0 amide bonds. The van der Waals surface area contributed by atoms with Crippen molar-refractivity contribution in [1.29, 1.82) is 0 Å². The van der Waals surface area contributed by atoms with Gasteiger partial charge in [-0.3, -0.25) is 0 Å². The molecule has 0 radical (unpaired) electrons. The Labute approximate surface area is 105 Å². The average Bonchev–Trinajstić information content (AvgIpc) is 2.32. The third-order valence-electron chi connectivity index (χ3n) is 2.45. The van der Waals surface area contributed by atoms with Crippen LogP contribution in [0.3, 0.4) is 0 Å². The summed E-state index contributed by atoms with van der Waals surface area (Å²) in [5, 5.41) is 3.90. The summed E-state index contributed by atoms with van der Waals surface area (Å²) in [4.78, 5) is 0. The van der Waals surface area contributed by atoms with Crippen LogP contribution in [-0.4, -0.2) is 0 Å². The summed E-state index contributed by atoms with van der Waals surface area (Å²) in [5.41, 5.74) is 14.7. The van der Waals surface area contributed by atoms with Gasteiger partial charge in [0.1, 0.15) is 0 Å². The lowest BCUT2D eigenvalue weighted by atomic mass is 10.2. The topological polar surface area (TPSA) is 64.1 Å². The first-order valence-electron chi connectivity index (χ1n) is 5.28. The summed E-state index contributed by atoms with van der Waals surface area (Å²) in [5.74, 6) is 0. The smallest absolute Gasteiger partial charge is 0.0639 e. The molecule has 0 aromatic heterocycles. The van der Waals surface area contributed by atoms with E-state index in [-0.39, 0.29) is 0 Å². The van der Waals surface area contributed by atoms with Gasteiger partial charge in [0.25, 0.3) is 0 Å². The Bertz CT molecular complexity index is 509. The molecule has 4 heteroatoms. The molecule has 0 atom stereocenters.